The van der Waals surface area contributed by atoms with Gasteiger partial charge in [0.2, 0.25) is 0 Å². The molecule has 0 spiro atoms. The molecule has 1 nitrogen and oxygen atoms in total. The highest BCUT2D eigenvalue weighted by atomic mass is 35.5. The lowest BCUT2D eigenvalue weighted by Crippen LogP contribution is -2.42. The van der Waals surface area contributed by atoms with E-state index in [9.17, 15) is 4.39 Å². The fourth-order valence-corrected chi connectivity index (χ4v) is 2.57. The smallest absolute Gasteiger partial charge is 0.130 e. The summed E-state index contributed by atoms with van der Waals surface area (Å²) in [7, 11) is 0. The summed E-state index contributed by atoms with van der Waals surface area (Å²) in [6.07, 6.45) is 3.07. The van der Waals surface area contributed by atoms with Gasteiger partial charge in [-0.3, -0.25) is 0 Å². The predicted octanol–water partition coefficient (Wildman–Crippen LogP) is 3.17. The van der Waals surface area contributed by atoms with Crippen LogP contribution >= 0.6 is 11.6 Å². The summed E-state index contributed by atoms with van der Waals surface area (Å²) in [5.74, 6) is -0.135. The van der Waals surface area contributed by atoms with Gasteiger partial charge in [0.1, 0.15) is 5.82 Å². The Kier molecular flexibility index (Phi) is 2.73. The largest absolute Gasteiger partial charge is 0.330 e. The van der Waals surface area contributed by atoms with Crippen molar-refractivity contribution in [3.05, 3.63) is 34.1 Å². The molecule has 1 aromatic rings. The highest BCUT2D eigenvalue weighted by Crippen LogP contribution is 2.44. The molecule has 2 N–H and O–H groups in total. The zero-order valence-corrected chi connectivity index (χ0v) is 9.57. The Balaban J connectivity index is 2.51. The second kappa shape index (κ2) is 3.76. The van der Waals surface area contributed by atoms with E-state index >= 15 is 0 Å². The molecule has 0 aromatic heterocycles. The molecule has 2 rings (SSSR count). The molecule has 1 aliphatic rings. The maximum Gasteiger partial charge on any atom is 0.130 e. The minimum Gasteiger partial charge on any atom is -0.330 e. The lowest BCUT2D eigenvalue weighted by Gasteiger charge is -2.42. The van der Waals surface area contributed by atoms with Gasteiger partial charge in [0.05, 0.1) is 0 Å². The van der Waals surface area contributed by atoms with Crippen LogP contribution in [-0.2, 0) is 5.41 Å². The standard InChI is InChI=1S/C12H15ClFN/c1-8-5-9(13)6-10(11(8)14)12(7-15)3-2-4-12/h5-6H,2-4,7,15H2,1H3. The van der Waals surface area contributed by atoms with Crippen LogP contribution in [0.3, 0.4) is 0 Å². The molecule has 1 saturated carbocycles. The maximum atomic E-state index is 14.0. The Morgan fingerprint density at radius 3 is 2.60 bits per heavy atom. The normalized spacial score (nSPS) is 18.7. The van der Waals surface area contributed by atoms with Crippen LogP contribution in [0.4, 0.5) is 4.39 Å². The first-order chi connectivity index (χ1) is 7.09. The predicted molar refractivity (Wildman–Crippen MR) is 60.7 cm³/mol. The first-order valence-corrected chi connectivity index (χ1v) is 5.63. The van der Waals surface area contributed by atoms with Crippen molar-refractivity contribution in [1.29, 1.82) is 0 Å². The highest BCUT2D eigenvalue weighted by Gasteiger charge is 2.39. The van der Waals surface area contributed by atoms with E-state index in [1.54, 1.807) is 19.1 Å². The van der Waals surface area contributed by atoms with Gasteiger partial charge in [-0.15, -0.1) is 0 Å². The number of nitrogens with two attached hydrogens (primary N) is 1. The Bertz CT molecular complexity index is 380. The summed E-state index contributed by atoms with van der Waals surface area (Å²) in [5, 5.41) is 0.601. The van der Waals surface area contributed by atoms with Crippen molar-refractivity contribution < 1.29 is 4.39 Å². The molecular formula is C12H15ClFN. The van der Waals surface area contributed by atoms with Crippen LogP contribution in [0.15, 0.2) is 12.1 Å². The van der Waals surface area contributed by atoms with Gasteiger partial charge >= 0.3 is 0 Å². The van der Waals surface area contributed by atoms with Crippen LogP contribution in [0.25, 0.3) is 0 Å². The lowest BCUT2D eigenvalue weighted by atomic mass is 9.64. The topological polar surface area (TPSA) is 26.0 Å². The summed E-state index contributed by atoms with van der Waals surface area (Å²) >= 11 is 5.96. The van der Waals surface area contributed by atoms with Gasteiger partial charge in [-0.05, 0) is 43.0 Å². The Morgan fingerprint density at radius 1 is 1.47 bits per heavy atom. The van der Waals surface area contributed by atoms with Crippen LogP contribution in [0.1, 0.15) is 30.4 Å². The minimum atomic E-state index is -0.153. The Hall–Kier alpha value is -0.600. The molecule has 1 aromatic carbocycles. The molecule has 1 aliphatic carbocycles. The zero-order valence-electron chi connectivity index (χ0n) is 8.82. The summed E-state index contributed by atoms with van der Waals surface area (Å²) in [6.45, 7) is 2.25. The molecule has 3 heteroatoms. The van der Waals surface area contributed by atoms with Gasteiger partial charge in [-0.1, -0.05) is 18.0 Å². The molecule has 0 unspecified atom stereocenters. The number of halogens is 2. The van der Waals surface area contributed by atoms with Gasteiger partial charge in [-0.25, -0.2) is 4.39 Å². The van der Waals surface area contributed by atoms with E-state index in [1.807, 2.05) is 0 Å². The molecule has 82 valence electrons. The number of benzene rings is 1. The second-order valence-corrected chi connectivity index (χ2v) is 4.86. The first-order valence-electron chi connectivity index (χ1n) is 5.25. The van der Waals surface area contributed by atoms with Crippen molar-refractivity contribution >= 4 is 11.6 Å². The summed E-state index contributed by atoms with van der Waals surface area (Å²) in [6, 6.07) is 3.39. The van der Waals surface area contributed by atoms with Crippen molar-refractivity contribution in [2.45, 2.75) is 31.6 Å². The van der Waals surface area contributed by atoms with Crippen molar-refractivity contribution in [2.24, 2.45) is 5.73 Å². The van der Waals surface area contributed by atoms with Crippen molar-refractivity contribution in [1.82, 2.24) is 0 Å². The summed E-state index contributed by atoms with van der Waals surface area (Å²) in [4.78, 5) is 0. The van der Waals surface area contributed by atoms with E-state index in [4.69, 9.17) is 17.3 Å². The molecule has 0 saturated heterocycles. The molecule has 0 heterocycles. The van der Waals surface area contributed by atoms with Gasteiger partial charge in [0.15, 0.2) is 0 Å². The molecular weight excluding hydrogens is 213 g/mol. The number of hydrogen-bond donors (Lipinski definition) is 1. The fraction of sp³-hybridized carbons (Fsp3) is 0.500. The molecule has 0 atom stereocenters. The van der Waals surface area contributed by atoms with Gasteiger partial charge in [0, 0.05) is 17.0 Å². The Labute approximate surface area is 94.4 Å². The fourth-order valence-electron chi connectivity index (χ4n) is 2.30. The second-order valence-electron chi connectivity index (χ2n) is 4.42. The quantitative estimate of drug-likeness (QED) is 0.825. The third-order valence-corrected chi connectivity index (χ3v) is 3.71. The number of rotatable bonds is 2. The van der Waals surface area contributed by atoms with E-state index in [1.165, 1.54) is 0 Å². The third-order valence-electron chi connectivity index (χ3n) is 3.49. The van der Waals surface area contributed by atoms with Gasteiger partial charge < -0.3 is 5.73 Å². The van der Waals surface area contributed by atoms with Crippen LogP contribution < -0.4 is 5.73 Å². The molecule has 0 bridgehead atoms. The molecule has 1 fully saturated rings. The van der Waals surface area contributed by atoms with Crippen LogP contribution in [0.2, 0.25) is 5.02 Å². The van der Waals surface area contributed by atoms with Crippen LogP contribution in [0.5, 0.6) is 0 Å². The SMILES string of the molecule is Cc1cc(Cl)cc(C2(CN)CCC2)c1F. The molecule has 0 amide bonds. The summed E-state index contributed by atoms with van der Waals surface area (Å²) < 4.78 is 14.0. The summed E-state index contributed by atoms with van der Waals surface area (Å²) in [5.41, 5.74) is 6.93. The average molecular weight is 228 g/mol. The van der Waals surface area contributed by atoms with Crippen LogP contribution in [-0.4, -0.2) is 6.54 Å². The van der Waals surface area contributed by atoms with E-state index in [0.717, 1.165) is 19.3 Å². The average Bonchev–Trinajstić information content (AvgIpc) is 2.12. The third kappa shape index (κ3) is 1.66. The van der Waals surface area contributed by atoms with Crippen molar-refractivity contribution in [3.63, 3.8) is 0 Å². The number of hydrogen-bond acceptors (Lipinski definition) is 1. The van der Waals surface area contributed by atoms with Crippen molar-refractivity contribution in [2.75, 3.05) is 6.54 Å². The van der Waals surface area contributed by atoms with Gasteiger partial charge in [0.25, 0.3) is 0 Å². The van der Waals surface area contributed by atoms with E-state index < -0.39 is 0 Å². The number of aryl methyl sites for hydroxylation is 1. The molecule has 0 radical (unpaired) electrons. The zero-order chi connectivity index (χ0) is 11.1. The first kappa shape index (κ1) is 10.9. The van der Waals surface area contributed by atoms with Crippen molar-refractivity contribution in [3.8, 4) is 0 Å². The van der Waals surface area contributed by atoms with E-state index in [-0.39, 0.29) is 11.2 Å². The highest BCUT2D eigenvalue weighted by molar-refractivity contribution is 6.30. The minimum absolute atomic E-state index is 0.135. The Morgan fingerprint density at radius 2 is 2.13 bits per heavy atom. The monoisotopic (exact) mass is 227 g/mol. The van der Waals surface area contributed by atoms with Gasteiger partial charge in [-0.2, -0.15) is 0 Å². The van der Waals surface area contributed by atoms with E-state index in [2.05, 4.69) is 0 Å². The van der Waals surface area contributed by atoms with Crippen LogP contribution in [0, 0.1) is 12.7 Å². The molecule has 15 heavy (non-hydrogen) atoms. The lowest BCUT2D eigenvalue weighted by molar-refractivity contribution is 0.244. The maximum absolute atomic E-state index is 14.0. The molecule has 0 aliphatic heterocycles. The van der Waals surface area contributed by atoms with E-state index in [0.29, 0.717) is 22.7 Å².